The Morgan fingerprint density at radius 1 is 1.03 bits per heavy atom. The summed E-state index contributed by atoms with van der Waals surface area (Å²) in [7, 11) is 0. The van der Waals surface area contributed by atoms with Gasteiger partial charge < -0.3 is 4.90 Å². The number of fused-ring (bicyclic) bond motifs is 1. The van der Waals surface area contributed by atoms with Crippen molar-refractivity contribution in [1.82, 2.24) is 14.8 Å². The molecule has 0 aliphatic carbocycles. The zero-order chi connectivity index (χ0) is 23.7. The Morgan fingerprint density at radius 2 is 1.74 bits per heavy atom. The number of amides is 3. The van der Waals surface area contributed by atoms with Gasteiger partial charge >= 0.3 is 0 Å². The number of benzene rings is 2. The molecule has 34 heavy (non-hydrogen) atoms. The Morgan fingerprint density at radius 3 is 2.38 bits per heavy atom. The standard InChI is InChI=1S/C26H22FN3O3S/c27-19-7-5-18(6-8-19)15-23-28-16-22(34-23)26(33)29-12-9-17(10-13-29)11-14-30-24(31)20-3-1-2-4-21(20)25(30)32/h1-9,16H,10-15H2. The second kappa shape index (κ2) is 9.30. The van der Waals surface area contributed by atoms with E-state index in [0.717, 1.165) is 16.1 Å². The normalized spacial score (nSPS) is 15.5. The molecule has 0 spiro atoms. The van der Waals surface area contributed by atoms with Crippen LogP contribution in [0.15, 0.2) is 66.4 Å². The van der Waals surface area contributed by atoms with Gasteiger partial charge in [0, 0.05) is 26.1 Å². The van der Waals surface area contributed by atoms with E-state index in [1.165, 1.54) is 28.4 Å². The predicted octanol–water partition coefficient (Wildman–Crippen LogP) is 4.33. The second-order valence-electron chi connectivity index (χ2n) is 8.34. The van der Waals surface area contributed by atoms with Gasteiger partial charge in [0.05, 0.1) is 22.3 Å². The van der Waals surface area contributed by atoms with E-state index >= 15 is 0 Å². The van der Waals surface area contributed by atoms with Crippen molar-refractivity contribution in [2.75, 3.05) is 19.6 Å². The molecule has 6 nitrogen and oxygen atoms in total. The first kappa shape index (κ1) is 22.2. The fourth-order valence-electron chi connectivity index (χ4n) is 4.24. The maximum absolute atomic E-state index is 13.1. The average molecular weight is 476 g/mol. The molecule has 3 heterocycles. The van der Waals surface area contributed by atoms with Crippen LogP contribution in [-0.4, -0.2) is 52.1 Å². The van der Waals surface area contributed by atoms with Gasteiger partial charge in [0.1, 0.15) is 10.7 Å². The quantitative estimate of drug-likeness (QED) is 0.393. The maximum Gasteiger partial charge on any atom is 0.265 e. The molecule has 172 valence electrons. The number of nitrogens with zero attached hydrogens (tertiary/aromatic N) is 3. The summed E-state index contributed by atoms with van der Waals surface area (Å²) in [4.78, 5) is 46.0. The molecule has 0 radical (unpaired) electrons. The number of hydrogen-bond acceptors (Lipinski definition) is 5. The molecule has 3 aromatic rings. The molecule has 2 aromatic carbocycles. The third-order valence-corrected chi connectivity index (χ3v) is 7.14. The van der Waals surface area contributed by atoms with Crippen molar-refractivity contribution >= 4 is 29.1 Å². The molecule has 0 unspecified atom stereocenters. The van der Waals surface area contributed by atoms with E-state index in [9.17, 15) is 18.8 Å². The van der Waals surface area contributed by atoms with Gasteiger partial charge in [-0.1, -0.05) is 35.9 Å². The van der Waals surface area contributed by atoms with Crippen LogP contribution in [0.4, 0.5) is 4.39 Å². The van der Waals surface area contributed by atoms with E-state index < -0.39 is 0 Å². The lowest BCUT2D eigenvalue weighted by molar-refractivity contribution is 0.0655. The van der Waals surface area contributed by atoms with Crippen LogP contribution in [0.3, 0.4) is 0 Å². The first-order valence-electron chi connectivity index (χ1n) is 11.1. The molecule has 1 aromatic heterocycles. The van der Waals surface area contributed by atoms with Gasteiger partial charge in [0.15, 0.2) is 0 Å². The van der Waals surface area contributed by atoms with Crippen molar-refractivity contribution in [3.63, 3.8) is 0 Å². The molecule has 5 rings (SSSR count). The minimum Gasteiger partial charge on any atom is -0.334 e. The average Bonchev–Trinajstić information content (AvgIpc) is 3.42. The second-order valence-corrected chi connectivity index (χ2v) is 9.46. The molecule has 3 amide bonds. The van der Waals surface area contributed by atoms with Crippen molar-refractivity contribution in [3.05, 3.63) is 98.8 Å². The highest BCUT2D eigenvalue weighted by Gasteiger charge is 2.34. The first-order chi connectivity index (χ1) is 16.5. The zero-order valence-electron chi connectivity index (χ0n) is 18.4. The molecule has 0 bridgehead atoms. The number of aromatic nitrogens is 1. The molecule has 0 fully saturated rings. The smallest absolute Gasteiger partial charge is 0.265 e. The summed E-state index contributed by atoms with van der Waals surface area (Å²) in [5, 5.41) is 0.809. The van der Waals surface area contributed by atoms with Gasteiger partial charge in [-0.15, -0.1) is 11.3 Å². The molecule has 0 atom stereocenters. The molecule has 2 aliphatic rings. The lowest BCUT2D eigenvalue weighted by Crippen LogP contribution is -2.35. The third kappa shape index (κ3) is 4.41. The largest absolute Gasteiger partial charge is 0.334 e. The Bertz CT molecular complexity index is 1260. The molecule has 0 N–H and O–H groups in total. The van der Waals surface area contributed by atoms with E-state index in [-0.39, 0.29) is 23.5 Å². The molecule has 0 saturated carbocycles. The van der Waals surface area contributed by atoms with E-state index in [4.69, 9.17) is 0 Å². The summed E-state index contributed by atoms with van der Waals surface area (Å²) >= 11 is 1.36. The molecule has 0 saturated heterocycles. The van der Waals surface area contributed by atoms with E-state index in [1.54, 1.807) is 47.5 Å². The lowest BCUT2D eigenvalue weighted by Gasteiger charge is -2.26. The molecular weight excluding hydrogens is 453 g/mol. The van der Waals surface area contributed by atoms with Crippen molar-refractivity contribution in [2.45, 2.75) is 19.3 Å². The number of halogens is 1. The van der Waals surface area contributed by atoms with Crippen LogP contribution >= 0.6 is 11.3 Å². The van der Waals surface area contributed by atoms with E-state index in [0.29, 0.717) is 54.9 Å². The van der Waals surface area contributed by atoms with Gasteiger partial charge in [-0.25, -0.2) is 9.37 Å². The van der Waals surface area contributed by atoms with Gasteiger partial charge in [-0.2, -0.15) is 0 Å². The Balaban J connectivity index is 1.15. The highest BCUT2D eigenvalue weighted by atomic mass is 32.1. The van der Waals surface area contributed by atoms with Crippen LogP contribution in [0, 0.1) is 5.82 Å². The van der Waals surface area contributed by atoms with Crippen molar-refractivity contribution < 1.29 is 18.8 Å². The van der Waals surface area contributed by atoms with Gasteiger partial charge in [-0.05, 0) is 42.7 Å². The lowest BCUT2D eigenvalue weighted by atomic mass is 10.0. The number of carbonyl (C=O) groups excluding carboxylic acids is 3. The molecular formula is C26H22FN3O3S. The maximum atomic E-state index is 13.1. The number of imide groups is 1. The summed E-state index contributed by atoms with van der Waals surface area (Å²) in [5.41, 5.74) is 3.01. The van der Waals surface area contributed by atoms with E-state index in [1.807, 2.05) is 6.08 Å². The van der Waals surface area contributed by atoms with Gasteiger partial charge in [0.2, 0.25) is 0 Å². The number of rotatable bonds is 6. The van der Waals surface area contributed by atoms with Crippen LogP contribution in [0.25, 0.3) is 0 Å². The fraction of sp³-hybridized carbons (Fsp3) is 0.231. The predicted molar refractivity (Wildman–Crippen MR) is 126 cm³/mol. The SMILES string of the molecule is O=C(c1cnc(Cc2ccc(F)cc2)s1)N1CC=C(CCN2C(=O)c3ccccc3C2=O)CC1. The van der Waals surface area contributed by atoms with Crippen LogP contribution in [0.1, 0.15) is 53.8 Å². The summed E-state index contributed by atoms with van der Waals surface area (Å²) in [5.74, 6) is -0.815. The van der Waals surface area contributed by atoms with Crippen LogP contribution < -0.4 is 0 Å². The summed E-state index contributed by atoms with van der Waals surface area (Å²) in [6, 6.07) is 13.2. The monoisotopic (exact) mass is 475 g/mol. The highest BCUT2D eigenvalue weighted by molar-refractivity contribution is 7.13. The summed E-state index contributed by atoms with van der Waals surface area (Å²) in [6.45, 7) is 1.41. The molecule has 2 aliphatic heterocycles. The highest BCUT2D eigenvalue weighted by Crippen LogP contribution is 2.25. The number of carbonyl (C=O) groups is 3. The zero-order valence-corrected chi connectivity index (χ0v) is 19.2. The minimum absolute atomic E-state index is 0.0569. The number of thiazole rings is 1. The topological polar surface area (TPSA) is 70.6 Å². The third-order valence-electron chi connectivity index (χ3n) is 6.16. The number of hydrogen-bond donors (Lipinski definition) is 0. The first-order valence-corrected chi connectivity index (χ1v) is 11.9. The van der Waals surface area contributed by atoms with Gasteiger partial charge in [-0.3, -0.25) is 19.3 Å². The molecule has 8 heteroatoms. The van der Waals surface area contributed by atoms with Crippen molar-refractivity contribution in [2.24, 2.45) is 0 Å². The summed E-state index contributed by atoms with van der Waals surface area (Å²) in [6.07, 6.45) is 5.49. The Labute approximate surface area is 200 Å². The fourth-order valence-corrected chi connectivity index (χ4v) is 5.16. The minimum atomic E-state index is -0.278. The van der Waals surface area contributed by atoms with Crippen LogP contribution in [0.5, 0.6) is 0 Å². The van der Waals surface area contributed by atoms with E-state index in [2.05, 4.69) is 4.98 Å². The Kier molecular flexibility index (Phi) is 6.06. The summed E-state index contributed by atoms with van der Waals surface area (Å²) < 4.78 is 13.1. The van der Waals surface area contributed by atoms with Crippen molar-refractivity contribution in [1.29, 1.82) is 0 Å². The van der Waals surface area contributed by atoms with Crippen molar-refractivity contribution in [3.8, 4) is 0 Å². The van der Waals surface area contributed by atoms with Gasteiger partial charge in [0.25, 0.3) is 17.7 Å². The van der Waals surface area contributed by atoms with Crippen LogP contribution in [-0.2, 0) is 6.42 Å². The van der Waals surface area contributed by atoms with Crippen LogP contribution in [0.2, 0.25) is 0 Å². The Hall–Kier alpha value is -3.65.